The highest BCUT2D eigenvalue weighted by molar-refractivity contribution is 5.78. The zero-order valence-corrected chi connectivity index (χ0v) is 14.6. The van der Waals surface area contributed by atoms with Gasteiger partial charge in [-0.2, -0.15) is 0 Å². The number of anilines is 1. The Hall–Kier alpha value is -1.75. The van der Waals surface area contributed by atoms with E-state index in [-0.39, 0.29) is 5.91 Å². The minimum absolute atomic E-state index is 0.226. The van der Waals surface area contributed by atoms with Crippen molar-refractivity contribution in [2.45, 2.75) is 19.8 Å². The molecule has 1 heterocycles. The number of hydrogen-bond donors (Lipinski definition) is 0. The average molecular weight is 319 g/mol. The molecule has 0 spiro atoms. The van der Waals surface area contributed by atoms with Gasteiger partial charge in [0.15, 0.2) is 0 Å². The van der Waals surface area contributed by atoms with Gasteiger partial charge in [0.25, 0.3) is 0 Å². The molecule has 5 nitrogen and oxygen atoms in total. The van der Waals surface area contributed by atoms with Gasteiger partial charge in [0.2, 0.25) is 5.91 Å². The fourth-order valence-electron chi connectivity index (χ4n) is 2.87. The number of rotatable bonds is 7. The van der Waals surface area contributed by atoms with E-state index in [2.05, 4.69) is 22.8 Å². The summed E-state index contributed by atoms with van der Waals surface area (Å²) < 4.78 is 5.44. The first-order valence-electron chi connectivity index (χ1n) is 8.50. The van der Waals surface area contributed by atoms with E-state index in [0.29, 0.717) is 6.54 Å². The van der Waals surface area contributed by atoms with Gasteiger partial charge in [-0.3, -0.25) is 9.69 Å². The number of amides is 1. The Labute approximate surface area is 139 Å². The first-order chi connectivity index (χ1) is 11.2. The maximum atomic E-state index is 12.2. The normalized spacial score (nSPS) is 15.5. The average Bonchev–Trinajstić information content (AvgIpc) is 2.60. The zero-order chi connectivity index (χ0) is 16.7. The Morgan fingerprint density at radius 1 is 1.22 bits per heavy atom. The molecule has 0 atom stereocenters. The van der Waals surface area contributed by atoms with E-state index in [1.54, 1.807) is 7.11 Å². The van der Waals surface area contributed by atoms with Gasteiger partial charge in [-0.1, -0.05) is 25.5 Å². The van der Waals surface area contributed by atoms with Crippen molar-refractivity contribution in [1.82, 2.24) is 9.80 Å². The standard InChI is InChI=1S/C18H29N3O2/c1-4-5-10-19(2)18(22)15-20-11-13-21(14-12-20)16-8-6-7-9-17(16)23-3/h6-9H,4-5,10-15H2,1-3H3. The molecule has 0 N–H and O–H groups in total. The van der Waals surface area contributed by atoms with Crippen LogP contribution in [0.15, 0.2) is 24.3 Å². The van der Waals surface area contributed by atoms with Crippen molar-refractivity contribution in [3.63, 3.8) is 0 Å². The van der Waals surface area contributed by atoms with Crippen molar-refractivity contribution < 1.29 is 9.53 Å². The number of methoxy groups -OCH3 is 1. The highest BCUT2D eigenvalue weighted by atomic mass is 16.5. The Morgan fingerprint density at radius 3 is 2.57 bits per heavy atom. The third-order valence-corrected chi connectivity index (χ3v) is 4.43. The number of likely N-dealkylation sites (N-methyl/N-ethyl adjacent to an activating group) is 1. The van der Waals surface area contributed by atoms with Crippen LogP contribution in [-0.2, 0) is 4.79 Å². The fraction of sp³-hybridized carbons (Fsp3) is 0.611. The van der Waals surface area contributed by atoms with E-state index in [1.165, 1.54) is 0 Å². The summed E-state index contributed by atoms with van der Waals surface area (Å²) in [6, 6.07) is 8.12. The van der Waals surface area contributed by atoms with Gasteiger partial charge in [0, 0.05) is 39.8 Å². The van der Waals surface area contributed by atoms with Crippen LogP contribution in [0, 0.1) is 0 Å². The molecule has 0 unspecified atom stereocenters. The van der Waals surface area contributed by atoms with Gasteiger partial charge in [-0.05, 0) is 18.6 Å². The van der Waals surface area contributed by atoms with Gasteiger partial charge in [0.05, 0.1) is 19.3 Å². The summed E-state index contributed by atoms with van der Waals surface area (Å²) in [4.78, 5) is 18.7. The molecule has 128 valence electrons. The lowest BCUT2D eigenvalue weighted by Crippen LogP contribution is -2.49. The van der Waals surface area contributed by atoms with Crippen LogP contribution in [0.5, 0.6) is 5.75 Å². The first-order valence-corrected chi connectivity index (χ1v) is 8.50. The number of benzene rings is 1. The number of unbranched alkanes of at least 4 members (excludes halogenated alkanes) is 1. The summed E-state index contributed by atoms with van der Waals surface area (Å²) in [6.45, 7) is 7.20. The molecule has 0 aromatic heterocycles. The van der Waals surface area contributed by atoms with Gasteiger partial charge in [-0.15, -0.1) is 0 Å². The second-order valence-electron chi connectivity index (χ2n) is 6.10. The molecule has 5 heteroatoms. The van der Waals surface area contributed by atoms with Crippen molar-refractivity contribution in [2.75, 3.05) is 58.3 Å². The molecule has 23 heavy (non-hydrogen) atoms. The van der Waals surface area contributed by atoms with Crippen molar-refractivity contribution in [3.05, 3.63) is 24.3 Å². The molecule has 1 aliphatic heterocycles. The third kappa shape index (κ3) is 4.86. The SMILES string of the molecule is CCCCN(C)C(=O)CN1CCN(c2ccccc2OC)CC1. The summed E-state index contributed by atoms with van der Waals surface area (Å²) >= 11 is 0. The van der Waals surface area contributed by atoms with Crippen molar-refractivity contribution in [2.24, 2.45) is 0 Å². The highest BCUT2D eigenvalue weighted by Gasteiger charge is 2.21. The number of para-hydroxylation sites is 2. The number of carbonyl (C=O) groups excluding carboxylic acids is 1. The maximum absolute atomic E-state index is 12.2. The van der Waals surface area contributed by atoms with E-state index in [9.17, 15) is 4.79 Å². The Morgan fingerprint density at radius 2 is 1.91 bits per heavy atom. The minimum atomic E-state index is 0.226. The lowest BCUT2D eigenvalue weighted by Gasteiger charge is -2.36. The van der Waals surface area contributed by atoms with Crippen LogP contribution in [0.2, 0.25) is 0 Å². The molecule has 1 amide bonds. The van der Waals surface area contributed by atoms with Crippen molar-refractivity contribution in [1.29, 1.82) is 0 Å². The Bertz CT molecular complexity index is 499. The highest BCUT2D eigenvalue weighted by Crippen LogP contribution is 2.28. The molecule has 1 aromatic carbocycles. The first kappa shape index (κ1) is 17.6. The summed E-state index contributed by atoms with van der Waals surface area (Å²) in [6.07, 6.45) is 2.19. The molecule has 1 aromatic rings. The monoisotopic (exact) mass is 319 g/mol. The molecule has 2 rings (SSSR count). The van der Waals surface area contributed by atoms with Crippen molar-refractivity contribution in [3.8, 4) is 5.75 Å². The van der Waals surface area contributed by atoms with E-state index in [0.717, 1.165) is 57.0 Å². The predicted molar refractivity (Wildman–Crippen MR) is 94.2 cm³/mol. The molecule has 0 bridgehead atoms. The van der Waals surface area contributed by atoms with Crippen molar-refractivity contribution >= 4 is 11.6 Å². The molecular weight excluding hydrogens is 290 g/mol. The number of carbonyl (C=O) groups is 1. The lowest BCUT2D eigenvalue weighted by atomic mass is 10.2. The summed E-state index contributed by atoms with van der Waals surface area (Å²) in [7, 11) is 3.61. The maximum Gasteiger partial charge on any atom is 0.236 e. The van der Waals surface area contributed by atoms with Crippen LogP contribution in [0.25, 0.3) is 0 Å². The lowest BCUT2D eigenvalue weighted by molar-refractivity contribution is -0.131. The second kappa shape index (κ2) is 8.77. The number of piperazine rings is 1. The fourth-order valence-corrected chi connectivity index (χ4v) is 2.87. The van der Waals surface area contributed by atoms with Crippen LogP contribution >= 0.6 is 0 Å². The molecule has 1 fully saturated rings. The molecule has 0 saturated carbocycles. The molecular formula is C18H29N3O2. The molecule has 0 radical (unpaired) electrons. The molecule has 1 saturated heterocycles. The quantitative estimate of drug-likeness (QED) is 0.771. The van der Waals surface area contributed by atoms with Crippen LogP contribution < -0.4 is 9.64 Å². The molecule has 0 aliphatic carbocycles. The van der Waals surface area contributed by atoms with Gasteiger partial charge in [0.1, 0.15) is 5.75 Å². The molecule has 1 aliphatic rings. The number of ether oxygens (including phenoxy) is 1. The van der Waals surface area contributed by atoms with E-state index >= 15 is 0 Å². The predicted octanol–water partition coefficient (Wildman–Crippen LogP) is 2.08. The topological polar surface area (TPSA) is 36.0 Å². The smallest absolute Gasteiger partial charge is 0.236 e. The van der Waals surface area contributed by atoms with E-state index in [4.69, 9.17) is 4.74 Å². The Balaban J connectivity index is 1.83. The third-order valence-electron chi connectivity index (χ3n) is 4.43. The number of nitrogens with zero attached hydrogens (tertiary/aromatic N) is 3. The summed E-state index contributed by atoms with van der Waals surface area (Å²) in [5.41, 5.74) is 1.14. The largest absolute Gasteiger partial charge is 0.495 e. The van der Waals surface area contributed by atoms with Crippen LogP contribution in [0.3, 0.4) is 0 Å². The van der Waals surface area contributed by atoms with E-state index < -0.39 is 0 Å². The summed E-state index contributed by atoms with van der Waals surface area (Å²) in [5, 5.41) is 0. The van der Waals surface area contributed by atoms with E-state index in [1.807, 2.05) is 30.1 Å². The van der Waals surface area contributed by atoms with Crippen LogP contribution in [0.4, 0.5) is 5.69 Å². The van der Waals surface area contributed by atoms with Gasteiger partial charge >= 0.3 is 0 Å². The van der Waals surface area contributed by atoms with Gasteiger partial charge in [-0.25, -0.2) is 0 Å². The number of hydrogen-bond acceptors (Lipinski definition) is 4. The minimum Gasteiger partial charge on any atom is -0.495 e. The second-order valence-corrected chi connectivity index (χ2v) is 6.10. The Kier molecular flexibility index (Phi) is 6.71. The zero-order valence-electron chi connectivity index (χ0n) is 14.6. The van der Waals surface area contributed by atoms with Crippen LogP contribution in [-0.4, -0.2) is 69.1 Å². The van der Waals surface area contributed by atoms with Gasteiger partial charge < -0.3 is 14.5 Å². The van der Waals surface area contributed by atoms with Crippen LogP contribution in [0.1, 0.15) is 19.8 Å². The summed E-state index contributed by atoms with van der Waals surface area (Å²) in [5.74, 6) is 1.14.